The van der Waals surface area contributed by atoms with E-state index in [1.54, 1.807) is 31.5 Å². The van der Waals surface area contributed by atoms with Crippen LogP contribution in [0.5, 0.6) is 5.75 Å². The van der Waals surface area contributed by atoms with Crippen LogP contribution < -0.4 is 10.3 Å². The lowest BCUT2D eigenvalue weighted by Crippen LogP contribution is -2.25. The summed E-state index contributed by atoms with van der Waals surface area (Å²) in [4.78, 5) is 22.8. The molecule has 0 atom stereocenters. The molecule has 1 aromatic heterocycles. The number of pyridine rings is 1. The third-order valence-corrected chi connectivity index (χ3v) is 2.74. The standard InChI is InChI=1S/C14H13NO4/c1-19-11-5-2-4-10(8-11)9-15-7-3-6-12(13(15)16)14(17)18/h2-8H,9H2,1H3,(H,17,18). The molecule has 5 heteroatoms. The molecule has 0 saturated carbocycles. The zero-order chi connectivity index (χ0) is 13.8. The molecule has 98 valence electrons. The Hall–Kier alpha value is -2.56. The number of hydrogen-bond donors (Lipinski definition) is 1. The molecule has 1 aromatic carbocycles. The van der Waals surface area contributed by atoms with E-state index in [9.17, 15) is 9.59 Å². The molecule has 0 saturated heterocycles. The predicted octanol–water partition coefficient (Wildman–Crippen LogP) is 1.60. The van der Waals surface area contributed by atoms with Gasteiger partial charge < -0.3 is 14.4 Å². The van der Waals surface area contributed by atoms with Gasteiger partial charge in [0.25, 0.3) is 5.56 Å². The molecular formula is C14H13NO4. The number of benzene rings is 1. The van der Waals surface area contributed by atoms with E-state index < -0.39 is 11.5 Å². The summed E-state index contributed by atoms with van der Waals surface area (Å²) >= 11 is 0. The maximum Gasteiger partial charge on any atom is 0.341 e. The monoisotopic (exact) mass is 259 g/mol. The molecule has 19 heavy (non-hydrogen) atoms. The van der Waals surface area contributed by atoms with Crippen molar-refractivity contribution in [1.29, 1.82) is 0 Å². The molecule has 0 fully saturated rings. The van der Waals surface area contributed by atoms with Gasteiger partial charge in [0.1, 0.15) is 11.3 Å². The van der Waals surface area contributed by atoms with Crippen molar-refractivity contribution < 1.29 is 14.6 Å². The zero-order valence-electron chi connectivity index (χ0n) is 10.4. The Morgan fingerprint density at radius 1 is 1.32 bits per heavy atom. The van der Waals surface area contributed by atoms with Crippen LogP contribution in [0.1, 0.15) is 15.9 Å². The first-order valence-electron chi connectivity index (χ1n) is 5.67. The minimum absolute atomic E-state index is 0.231. The van der Waals surface area contributed by atoms with Gasteiger partial charge in [0.05, 0.1) is 13.7 Å². The SMILES string of the molecule is COc1cccc(Cn2cccc(C(=O)O)c2=O)c1. The van der Waals surface area contributed by atoms with Gasteiger partial charge in [-0.15, -0.1) is 0 Å². The van der Waals surface area contributed by atoms with Crippen molar-refractivity contribution in [3.63, 3.8) is 0 Å². The van der Waals surface area contributed by atoms with Crippen LogP contribution in [-0.4, -0.2) is 22.8 Å². The number of aromatic carboxylic acids is 1. The van der Waals surface area contributed by atoms with E-state index in [2.05, 4.69) is 0 Å². The Morgan fingerprint density at radius 3 is 2.79 bits per heavy atom. The molecule has 0 aliphatic rings. The van der Waals surface area contributed by atoms with E-state index in [1.165, 1.54) is 10.6 Å². The van der Waals surface area contributed by atoms with Crippen molar-refractivity contribution in [2.24, 2.45) is 0 Å². The van der Waals surface area contributed by atoms with Crippen molar-refractivity contribution in [3.8, 4) is 5.75 Å². The number of carbonyl (C=O) groups is 1. The highest BCUT2D eigenvalue weighted by Gasteiger charge is 2.10. The molecule has 5 nitrogen and oxygen atoms in total. The van der Waals surface area contributed by atoms with Crippen LogP contribution >= 0.6 is 0 Å². The van der Waals surface area contributed by atoms with E-state index in [0.29, 0.717) is 12.3 Å². The Balaban J connectivity index is 2.36. The molecule has 1 heterocycles. The fourth-order valence-electron chi connectivity index (χ4n) is 1.79. The van der Waals surface area contributed by atoms with Gasteiger partial charge >= 0.3 is 5.97 Å². The van der Waals surface area contributed by atoms with Crippen molar-refractivity contribution in [3.05, 3.63) is 64.1 Å². The van der Waals surface area contributed by atoms with Crippen molar-refractivity contribution >= 4 is 5.97 Å². The minimum atomic E-state index is -1.22. The number of methoxy groups -OCH3 is 1. The summed E-state index contributed by atoms with van der Waals surface area (Å²) < 4.78 is 6.46. The van der Waals surface area contributed by atoms with Gasteiger partial charge in [0, 0.05) is 6.20 Å². The lowest BCUT2D eigenvalue weighted by molar-refractivity contribution is 0.0694. The van der Waals surface area contributed by atoms with Crippen molar-refractivity contribution in [2.45, 2.75) is 6.54 Å². The molecule has 0 bridgehead atoms. The van der Waals surface area contributed by atoms with Gasteiger partial charge in [-0.05, 0) is 29.8 Å². The Morgan fingerprint density at radius 2 is 2.11 bits per heavy atom. The summed E-state index contributed by atoms with van der Waals surface area (Å²) in [6, 6.07) is 10.1. The maximum absolute atomic E-state index is 11.9. The summed E-state index contributed by atoms with van der Waals surface area (Å²) in [7, 11) is 1.57. The normalized spacial score (nSPS) is 10.2. The van der Waals surface area contributed by atoms with Crippen LogP contribution in [0.3, 0.4) is 0 Å². The molecule has 0 aliphatic heterocycles. The quantitative estimate of drug-likeness (QED) is 0.905. The minimum Gasteiger partial charge on any atom is -0.497 e. The molecule has 0 spiro atoms. The number of nitrogens with zero attached hydrogens (tertiary/aromatic N) is 1. The van der Waals surface area contributed by atoms with Gasteiger partial charge in [0.15, 0.2) is 0 Å². The Labute approximate surface area is 109 Å². The third kappa shape index (κ3) is 2.82. The smallest absolute Gasteiger partial charge is 0.341 e. The van der Waals surface area contributed by atoms with Crippen LogP contribution in [-0.2, 0) is 6.54 Å². The summed E-state index contributed by atoms with van der Waals surface area (Å²) in [6.45, 7) is 0.303. The average Bonchev–Trinajstić information content (AvgIpc) is 2.41. The largest absolute Gasteiger partial charge is 0.497 e. The first kappa shape index (κ1) is 12.9. The average molecular weight is 259 g/mol. The second kappa shape index (κ2) is 5.39. The van der Waals surface area contributed by atoms with Crippen LogP contribution in [0.4, 0.5) is 0 Å². The Bertz CT molecular complexity index is 660. The maximum atomic E-state index is 11.9. The fourth-order valence-corrected chi connectivity index (χ4v) is 1.79. The first-order valence-corrected chi connectivity index (χ1v) is 5.67. The lowest BCUT2D eigenvalue weighted by Gasteiger charge is -2.08. The van der Waals surface area contributed by atoms with Gasteiger partial charge in [-0.1, -0.05) is 12.1 Å². The number of rotatable bonds is 4. The predicted molar refractivity (Wildman–Crippen MR) is 69.8 cm³/mol. The van der Waals surface area contributed by atoms with E-state index in [1.807, 2.05) is 12.1 Å². The van der Waals surface area contributed by atoms with Crippen LogP contribution in [0, 0.1) is 0 Å². The highest BCUT2D eigenvalue weighted by Crippen LogP contribution is 2.13. The summed E-state index contributed by atoms with van der Waals surface area (Å²) in [5.41, 5.74) is 0.118. The zero-order valence-corrected chi connectivity index (χ0v) is 10.4. The summed E-state index contributed by atoms with van der Waals surface area (Å²) in [5.74, 6) is -0.523. The van der Waals surface area contributed by atoms with Gasteiger partial charge in [-0.3, -0.25) is 4.79 Å². The molecular weight excluding hydrogens is 246 g/mol. The first-order chi connectivity index (χ1) is 9.11. The molecule has 2 rings (SSSR count). The molecule has 0 unspecified atom stereocenters. The summed E-state index contributed by atoms with van der Waals surface area (Å²) in [6.07, 6.45) is 1.56. The highest BCUT2D eigenvalue weighted by molar-refractivity contribution is 5.86. The van der Waals surface area contributed by atoms with Gasteiger partial charge in [0.2, 0.25) is 0 Å². The second-order valence-electron chi connectivity index (χ2n) is 4.01. The number of carboxylic acids is 1. The number of ether oxygens (including phenoxy) is 1. The van der Waals surface area contributed by atoms with Gasteiger partial charge in [-0.25, -0.2) is 4.79 Å². The highest BCUT2D eigenvalue weighted by atomic mass is 16.5. The molecule has 2 aromatic rings. The van der Waals surface area contributed by atoms with E-state index in [4.69, 9.17) is 9.84 Å². The van der Waals surface area contributed by atoms with Gasteiger partial charge in [-0.2, -0.15) is 0 Å². The van der Waals surface area contributed by atoms with Crippen molar-refractivity contribution in [1.82, 2.24) is 4.57 Å². The molecule has 0 aliphatic carbocycles. The van der Waals surface area contributed by atoms with Crippen LogP contribution in [0.15, 0.2) is 47.4 Å². The lowest BCUT2D eigenvalue weighted by atomic mass is 10.2. The van der Waals surface area contributed by atoms with E-state index in [0.717, 1.165) is 5.56 Å². The molecule has 0 radical (unpaired) electrons. The second-order valence-corrected chi connectivity index (χ2v) is 4.01. The van der Waals surface area contributed by atoms with Crippen LogP contribution in [0.25, 0.3) is 0 Å². The van der Waals surface area contributed by atoms with Crippen molar-refractivity contribution in [2.75, 3.05) is 7.11 Å². The van der Waals surface area contributed by atoms with E-state index >= 15 is 0 Å². The third-order valence-electron chi connectivity index (χ3n) is 2.74. The topological polar surface area (TPSA) is 68.5 Å². The summed E-state index contributed by atoms with van der Waals surface area (Å²) in [5, 5.41) is 8.91. The van der Waals surface area contributed by atoms with Crippen LogP contribution in [0.2, 0.25) is 0 Å². The molecule has 0 amide bonds. The number of carboxylic acid groups (broad SMARTS) is 1. The molecule has 1 N–H and O–H groups in total. The Kier molecular flexibility index (Phi) is 3.66. The number of aromatic nitrogens is 1. The number of hydrogen-bond acceptors (Lipinski definition) is 3. The van der Waals surface area contributed by atoms with E-state index in [-0.39, 0.29) is 5.56 Å². The fraction of sp³-hybridized carbons (Fsp3) is 0.143.